The Labute approximate surface area is 261 Å². The Balaban J connectivity index is 0. The molecule has 178 valence electrons. The fourth-order valence-corrected chi connectivity index (χ4v) is 2.66. The first kappa shape index (κ1) is 35.5. The minimum Gasteiger partial charge on any atom is -0.346 e. The summed E-state index contributed by atoms with van der Waals surface area (Å²) in [5, 5.41) is 4.60. The summed E-state index contributed by atoms with van der Waals surface area (Å²) in [7, 11) is 0. The van der Waals surface area contributed by atoms with Crippen molar-refractivity contribution in [3.63, 3.8) is 0 Å². The summed E-state index contributed by atoms with van der Waals surface area (Å²) in [5.41, 5.74) is 10.7. The van der Waals surface area contributed by atoms with E-state index in [4.69, 9.17) is 5.84 Å². The molecule has 35 heavy (non-hydrogen) atoms. The number of hydrazone groups is 1. The van der Waals surface area contributed by atoms with Gasteiger partial charge >= 0.3 is 0 Å². The molecule has 0 atom stereocenters. The molecule has 0 unspecified atom stereocenters. The van der Waals surface area contributed by atoms with Crippen LogP contribution in [0.3, 0.4) is 0 Å². The average Bonchev–Trinajstić information content (AvgIpc) is 2.94. The number of nitrogens with two attached hydrogens (primary N) is 1. The predicted octanol–water partition coefficient (Wildman–Crippen LogP) is 7.20. The van der Waals surface area contributed by atoms with Crippen LogP contribution in [0.4, 0.5) is 11.4 Å². The molecule has 0 spiro atoms. The molecule has 4 rings (SSSR count). The zero-order valence-corrected chi connectivity index (χ0v) is 26.3. The van der Waals surface area contributed by atoms with Crippen LogP contribution in [0.15, 0.2) is 126 Å². The Morgan fingerprint density at radius 1 is 0.543 bits per heavy atom. The SMILES string of the molecule is NNc1ccccc1.[CH2-]C.[CH2-]C.[Y].[Y].c1ccc(NN=C(c2ccccc2)c2ccccc2)cc1. The number of benzene rings is 4. The van der Waals surface area contributed by atoms with Gasteiger partial charge in [-0.3, -0.25) is 11.3 Å². The van der Waals surface area contributed by atoms with Crippen molar-refractivity contribution in [3.8, 4) is 0 Å². The topological polar surface area (TPSA) is 62.4 Å². The van der Waals surface area contributed by atoms with Crippen LogP contribution in [0.5, 0.6) is 0 Å². The van der Waals surface area contributed by atoms with E-state index in [9.17, 15) is 0 Å². The minimum absolute atomic E-state index is 0. The maximum absolute atomic E-state index is 5.10. The van der Waals surface area contributed by atoms with Crippen molar-refractivity contribution < 1.29 is 65.4 Å². The molecule has 2 radical (unpaired) electrons. The van der Waals surface area contributed by atoms with Crippen molar-refractivity contribution >= 4 is 17.1 Å². The van der Waals surface area contributed by atoms with Crippen molar-refractivity contribution in [1.82, 2.24) is 0 Å². The standard InChI is InChI=1S/C19H16N2.C6H8N2.2C2H5.2Y/c1-4-10-16(11-5-1)19(17-12-6-2-7-13-17)21-20-18-14-8-3-9-15-18;7-8-6-4-2-1-3-5-6;2*1-2;;/h1-15,20H;1-5,8H,7H2;2*1H2,2H3;;/q;;2*-1;;. The number of anilines is 2. The average molecular weight is 616 g/mol. The van der Waals surface area contributed by atoms with Gasteiger partial charge in [0.25, 0.3) is 0 Å². The number of hydrogen-bond acceptors (Lipinski definition) is 4. The normalized spacial score (nSPS) is 8.26. The Bertz CT molecular complexity index is 956. The third-order valence-electron chi connectivity index (χ3n) is 4.11. The number of nitrogens with zero attached hydrogens (tertiary/aromatic N) is 1. The van der Waals surface area contributed by atoms with E-state index >= 15 is 0 Å². The fourth-order valence-electron chi connectivity index (χ4n) is 2.66. The molecule has 4 aromatic rings. The molecule has 4 N–H and O–H groups in total. The van der Waals surface area contributed by atoms with E-state index in [-0.39, 0.29) is 65.4 Å². The molecule has 0 heterocycles. The van der Waals surface area contributed by atoms with E-state index in [0.29, 0.717) is 0 Å². The van der Waals surface area contributed by atoms with Crippen LogP contribution in [0.25, 0.3) is 0 Å². The van der Waals surface area contributed by atoms with E-state index in [1.54, 1.807) is 13.8 Å². The summed E-state index contributed by atoms with van der Waals surface area (Å²) in [6.07, 6.45) is 0. The van der Waals surface area contributed by atoms with Gasteiger partial charge in [-0.15, -0.1) is 0 Å². The van der Waals surface area contributed by atoms with Crippen LogP contribution in [-0.2, 0) is 65.4 Å². The van der Waals surface area contributed by atoms with Crippen LogP contribution < -0.4 is 16.7 Å². The van der Waals surface area contributed by atoms with Gasteiger partial charge in [-0.2, -0.15) is 18.9 Å². The van der Waals surface area contributed by atoms with E-state index in [2.05, 4.69) is 54.1 Å². The second kappa shape index (κ2) is 24.0. The molecule has 0 aliphatic rings. The molecular formula is C29H34N4Y2-2. The van der Waals surface area contributed by atoms with Crippen molar-refractivity contribution in [1.29, 1.82) is 0 Å². The number of para-hydroxylation sites is 2. The van der Waals surface area contributed by atoms with Gasteiger partial charge in [0.1, 0.15) is 0 Å². The predicted molar refractivity (Wildman–Crippen MR) is 145 cm³/mol. The summed E-state index contributed by atoms with van der Waals surface area (Å²) in [6.45, 7) is 10.0. The van der Waals surface area contributed by atoms with Gasteiger partial charge in [-0.05, 0) is 24.3 Å². The number of hydrogen-bond donors (Lipinski definition) is 3. The third kappa shape index (κ3) is 14.5. The van der Waals surface area contributed by atoms with Crippen molar-refractivity contribution in [3.05, 3.63) is 146 Å². The number of rotatable bonds is 5. The number of nitrogen functional groups attached to an aromatic ring is 1. The minimum atomic E-state index is 0. The Morgan fingerprint density at radius 3 is 1.17 bits per heavy atom. The molecule has 0 aromatic heterocycles. The summed E-state index contributed by atoms with van der Waals surface area (Å²) in [5.74, 6) is 5.10. The number of hydrazine groups is 1. The first-order chi connectivity index (χ1) is 16.4. The quantitative estimate of drug-likeness (QED) is 0.0963. The smallest absolute Gasteiger partial charge is 0.0977 e. The first-order valence-electron chi connectivity index (χ1n) is 10.8. The maximum atomic E-state index is 5.10. The molecule has 0 saturated heterocycles. The third-order valence-corrected chi connectivity index (χ3v) is 4.11. The van der Waals surface area contributed by atoms with Gasteiger partial charge in [0.15, 0.2) is 0 Å². The Hall–Kier alpha value is -1.68. The van der Waals surface area contributed by atoms with Crippen molar-refractivity contribution in [2.75, 3.05) is 10.9 Å². The van der Waals surface area contributed by atoms with Gasteiger partial charge in [0, 0.05) is 82.2 Å². The second-order valence-corrected chi connectivity index (χ2v) is 6.18. The second-order valence-electron chi connectivity index (χ2n) is 6.18. The summed E-state index contributed by atoms with van der Waals surface area (Å²) in [4.78, 5) is 0. The van der Waals surface area contributed by atoms with Crippen LogP contribution in [0, 0.1) is 13.8 Å². The molecule has 4 nitrogen and oxygen atoms in total. The van der Waals surface area contributed by atoms with E-state index in [1.165, 1.54) is 0 Å². The number of nitrogens with one attached hydrogen (secondary N) is 2. The summed E-state index contributed by atoms with van der Waals surface area (Å²) in [6, 6.07) is 40.0. The maximum Gasteiger partial charge on any atom is 0.0977 e. The van der Waals surface area contributed by atoms with Crippen LogP contribution >= 0.6 is 0 Å². The molecule has 6 heteroatoms. The van der Waals surface area contributed by atoms with Gasteiger partial charge < -0.3 is 19.3 Å². The molecule has 4 aromatic carbocycles. The first-order valence-corrected chi connectivity index (χ1v) is 10.8. The van der Waals surface area contributed by atoms with Crippen LogP contribution in [0.2, 0.25) is 0 Å². The van der Waals surface area contributed by atoms with Crippen molar-refractivity contribution in [2.45, 2.75) is 13.8 Å². The van der Waals surface area contributed by atoms with Gasteiger partial charge in [0.05, 0.1) is 11.4 Å². The Morgan fingerprint density at radius 2 is 0.857 bits per heavy atom. The van der Waals surface area contributed by atoms with Crippen LogP contribution in [-0.4, -0.2) is 5.71 Å². The Kier molecular flexibility index (Phi) is 24.4. The summed E-state index contributed by atoms with van der Waals surface area (Å²) < 4.78 is 0. The molecule has 0 amide bonds. The monoisotopic (exact) mass is 616 g/mol. The van der Waals surface area contributed by atoms with Gasteiger partial charge in [0.2, 0.25) is 0 Å². The van der Waals surface area contributed by atoms with E-state index < -0.39 is 0 Å². The van der Waals surface area contributed by atoms with Gasteiger partial charge in [-0.1, -0.05) is 97.1 Å². The van der Waals surface area contributed by atoms with Crippen molar-refractivity contribution in [2.24, 2.45) is 10.9 Å². The zero-order chi connectivity index (χ0) is 24.2. The molecule has 0 bridgehead atoms. The van der Waals surface area contributed by atoms with Gasteiger partial charge in [-0.25, -0.2) is 0 Å². The summed E-state index contributed by atoms with van der Waals surface area (Å²) >= 11 is 0. The fraction of sp³-hybridized carbons (Fsp3) is 0.0690. The van der Waals surface area contributed by atoms with E-state index in [0.717, 1.165) is 28.2 Å². The van der Waals surface area contributed by atoms with Crippen LogP contribution in [0.1, 0.15) is 25.0 Å². The largest absolute Gasteiger partial charge is 0.346 e. The molecule has 0 aliphatic carbocycles. The molecule has 0 aliphatic heterocycles. The molecule has 0 saturated carbocycles. The molecule has 0 fully saturated rings. The molecular weight excluding hydrogens is 582 g/mol. The van der Waals surface area contributed by atoms with E-state index in [1.807, 2.05) is 97.1 Å². The zero-order valence-electron chi connectivity index (χ0n) is 20.6.